The normalized spacial score (nSPS) is 12.1. The Morgan fingerprint density at radius 1 is 0.389 bits per heavy atom. The van der Waals surface area contributed by atoms with Crippen LogP contribution in [0.3, 0.4) is 0 Å². The van der Waals surface area contributed by atoms with E-state index in [1.165, 1.54) is 30.9 Å². The molecular formula is C50H29NO2S. The van der Waals surface area contributed by atoms with E-state index in [0.29, 0.717) is 0 Å². The summed E-state index contributed by atoms with van der Waals surface area (Å²) in [6, 6.07) is 63.0. The Labute approximate surface area is 313 Å². The van der Waals surface area contributed by atoms with Gasteiger partial charge in [-0.1, -0.05) is 121 Å². The number of hydrogen-bond acceptors (Lipinski definition) is 4. The van der Waals surface area contributed by atoms with Crippen LogP contribution in [0.2, 0.25) is 0 Å². The molecule has 54 heavy (non-hydrogen) atoms. The molecule has 0 amide bonds. The molecule has 0 radical (unpaired) electrons. The zero-order valence-electron chi connectivity index (χ0n) is 28.9. The van der Waals surface area contributed by atoms with Crippen molar-refractivity contribution in [1.29, 1.82) is 0 Å². The van der Waals surface area contributed by atoms with Gasteiger partial charge in [0.15, 0.2) is 0 Å². The summed E-state index contributed by atoms with van der Waals surface area (Å²) in [5, 5.41) is 11.6. The summed E-state index contributed by atoms with van der Waals surface area (Å²) < 4.78 is 15.8. The van der Waals surface area contributed by atoms with Gasteiger partial charge in [0, 0.05) is 48.1 Å². The van der Waals surface area contributed by atoms with Crippen LogP contribution in [0.15, 0.2) is 185 Å². The van der Waals surface area contributed by atoms with Crippen molar-refractivity contribution < 1.29 is 8.83 Å². The van der Waals surface area contributed by atoms with E-state index in [1.807, 2.05) is 11.3 Å². The molecule has 3 nitrogen and oxygen atoms in total. The van der Waals surface area contributed by atoms with E-state index in [-0.39, 0.29) is 0 Å². The van der Waals surface area contributed by atoms with Gasteiger partial charge < -0.3 is 13.7 Å². The van der Waals surface area contributed by atoms with Gasteiger partial charge in [0.05, 0.1) is 21.5 Å². The molecule has 0 saturated carbocycles. The van der Waals surface area contributed by atoms with Gasteiger partial charge in [-0.25, -0.2) is 0 Å². The Morgan fingerprint density at radius 2 is 0.963 bits per heavy atom. The van der Waals surface area contributed by atoms with Crippen molar-refractivity contribution in [2.75, 3.05) is 4.90 Å². The number of rotatable bonds is 4. The molecule has 0 atom stereocenters. The fraction of sp³-hybridized carbons (Fsp3) is 0. The van der Waals surface area contributed by atoms with Crippen LogP contribution in [0, 0.1) is 0 Å². The first-order valence-corrected chi connectivity index (χ1v) is 19.1. The van der Waals surface area contributed by atoms with Crippen molar-refractivity contribution in [2.45, 2.75) is 0 Å². The molecule has 252 valence electrons. The van der Waals surface area contributed by atoms with E-state index in [4.69, 9.17) is 8.83 Å². The van der Waals surface area contributed by atoms with Gasteiger partial charge in [-0.3, -0.25) is 0 Å². The Kier molecular flexibility index (Phi) is 6.21. The molecule has 9 aromatic carbocycles. The highest BCUT2D eigenvalue weighted by atomic mass is 32.1. The molecule has 0 saturated heterocycles. The Balaban J connectivity index is 1.09. The van der Waals surface area contributed by atoms with Crippen molar-refractivity contribution in [2.24, 2.45) is 0 Å². The molecule has 0 aliphatic carbocycles. The highest BCUT2D eigenvalue weighted by Crippen LogP contribution is 2.49. The van der Waals surface area contributed by atoms with Crippen LogP contribution in [-0.2, 0) is 0 Å². The molecule has 3 aromatic heterocycles. The highest BCUT2D eigenvalue weighted by Gasteiger charge is 2.23. The molecule has 12 aromatic rings. The van der Waals surface area contributed by atoms with Crippen molar-refractivity contribution in [3.63, 3.8) is 0 Å². The summed E-state index contributed by atoms with van der Waals surface area (Å²) in [6.45, 7) is 0. The lowest BCUT2D eigenvalue weighted by Gasteiger charge is -2.27. The minimum Gasteiger partial charge on any atom is -0.455 e. The zero-order chi connectivity index (χ0) is 35.3. The molecular weight excluding hydrogens is 679 g/mol. The summed E-state index contributed by atoms with van der Waals surface area (Å²) >= 11 is 1.85. The minimum atomic E-state index is 0.870. The first-order chi connectivity index (χ1) is 26.8. The van der Waals surface area contributed by atoms with Gasteiger partial charge in [-0.15, -0.1) is 11.3 Å². The number of fused-ring (bicyclic) bond motifs is 13. The lowest BCUT2D eigenvalue weighted by molar-refractivity contribution is 0.672. The lowest BCUT2D eigenvalue weighted by atomic mass is 9.97. The predicted molar refractivity (Wildman–Crippen MR) is 229 cm³/mol. The van der Waals surface area contributed by atoms with Crippen molar-refractivity contribution in [3.05, 3.63) is 176 Å². The maximum atomic E-state index is 6.70. The topological polar surface area (TPSA) is 29.5 Å². The van der Waals surface area contributed by atoms with E-state index in [1.54, 1.807) is 0 Å². The molecule has 0 N–H and O–H groups in total. The molecule has 0 aliphatic rings. The summed E-state index contributed by atoms with van der Waals surface area (Å²) in [7, 11) is 0. The van der Waals surface area contributed by atoms with Gasteiger partial charge in [0.25, 0.3) is 0 Å². The maximum Gasteiger partial charge on any atom is 0.143 e. The first kappa shape index (κ1) is 29.7. The Bertz CT molecular complexity index is 3460. The quantitative estimate of drug-likeness (QED) is 0.182. The van der Waals surface area contributed by atoms with Gasteiger partial charge in [-0.2, -0.15) is 0 Å². The second-order valence-electron chi connectivity index (χ2n) is 14.0. The molecule has 0 unspecified atom stereocenters. The maximum absolute atomic E-state index is 6.70. The number of furan rings is 2. The third-order valence-corrected chi connectivity index (χ3v) is 12.3. The van der Waals surface area contributed by atoms with Crippen LogP contribution in [0.1, 0.15) is 0 Å². The fourth-order valence-electron chi connectivity index (χ4n) is 8.62. The molecule has 0 spiro atoms. The van der Waals surface area contributed by atoms with Gasteiger partial charge >= 0.3 is 0 Å². The van der Waals surface area contributed by atoms with Crippen molar-refractivity contribution in [1.82, 2.24) is 0 Å². The van der Waals surface area contributed by atoms with Gasteiger partial charge in [0.1, 0.15) is 22.3 Å². The van der Waals surface area contributed by atoms with Gasteiger partial charge in [0.2, 0.25) is 0 Å². The average Bonchev–Trinajstić information content (AvgIpc) is 3.94. The SMILES string of the molecule is c1ccc2c(c1)ccc1c2oc2cccc(-c3ccc(N(c4cccc5c4sc4ccccc45)c4cccc5oc6c7ccccc7ccc6c45)cc3)c21. The fourth-order valence-corrected chi connectivity index (χ4v) is 9.83. The van der Waals surface area contributed by atoms with E-state index in [9.17, 15) is 0 Å². The number of hydrogen-bond donors (Lipinski definition) is 0. The van der Waals surface area contributed by atoms with Crippen LogP contribution in [0.4, 0.5) is 17.1 Å². The zero-order valence-corrected chi connectivity index (χ0v) is 29.7. The minimum absolute atomic E-state index is 0.870. The number of benzene rings is 9. The number of thiophene rings is 1. The van der Waals surface area contributed by atoms with Crippen molar-refractivity contribution in [3.8, 4) is 11.1 Å². The average molecular weight is 708 g/mol. The molecule has 0 fully saturated rings. The van der Waals surface area contributed by atoms with Crippen molar-refractivity contribution >= 4 is 114 Å². The molecule has 4 heteroatoms. The standard InChI is InChI=1S/C50H29NO2S/c1-3-12-35-30(10-1)24-28-39-46-34(15-8-19-43(46)52-48(35)39)32-22-26-33(27-23-32)51(42-18-7-16-38-37-14-5-6-21-45(37)54-50(38)42)41-17-9-20-44-47(41)40-29-25-31-11-2-4-13-36(31)49(40)53-44/h1-29H. The highest BCUT2D eigenvalue weighted by molar-refractivity contribution is 7.26. The summed E-state index contributed by atoms with van der Waals surface area (Å²) in [4.78, 5) is 2.42. The third-order valence-electron chi connectivity index (χ3n) is 11.1. The Morgan fingerprint density at radius 3 is 1.70 bits per heavy atom. The van der Waals surface area contributed by atoms with Crippen LogP contribution < -0.4 is 4.90 Å². The van der Waals surface area contributed by atoms with Crippen LogP contribution in [0.25, 0.3) is 96.7 Å². The molecule has 0 aliphatic heterocycles. The van der Waals surface area contributed by atoms with E-state index in [0.717, 1.165) is 82.8 Å². The summed E-state index contributed by atoms with van der Waals surface area (Å²) in [6.07, 6.45) is 0. The molecule has 3 heterocycles. The number of nitrogens with zero attached hydrogens (tertiary/aromatic N) is 1. The van der Waals surface area contributed by atoms with Crippen LogP contribution in [0.5, 0.6) is 0 Å². The Hall–Kier alpha value is -6.88. The van der Waals surface area contributed by atoms with E-state index >= 15 is 0 Å². The first-order valence-electron chi connectivity index (χ1n) is 18.3. The monoisotopic (exact) mass is 707 g/mol. The van der Waals surface area contributed by atoms with Crippen LogP contribution in [-0.4, -0.2) is 0 Å². The predicted octanol–water partition coefficient (Wildman–Crippen LogP) is 15.3. The second-order valence-corrected chi connectivity index (χ2v) is 15.0. The molecule has 12 rings (SSSR count). The van der Waals surface area contributed by atoms with Crippen LogP contribution >= 0.6 is 11.3 Å². The second kappa shape index (κ2) is 11.3. The van der Waals surface area contributed by atoms with E-state index in [2.05, 4.69) is 181 Å². The summed E-state index contributed by atoms with van der Waals surface area (Å²) in [5.41, 5.74) is 9.19. The number of anilines is 3. The smallest absolute Gasteiger partial charge is 0.143 e. The lowest BCUT2D eigenvalue weighted by Crippen LogP contribution is -2.10. The largest absolute Gasteiger partial charge is 0.455 e. The van der Waals surface area contributed by atoms with Gasteiger partial charge in [-0.05, 0) is 76.5 Å². The third kappa shape index (κ3) is 4.23. The summed E-state index contributed by atoms with van der Waals surface area (Å²) in [5.74, 6) is 0. The van der Waals surface area contributed by atoms with E-state index < -0.39 is 0 Å². The molecule has 0 bridgehead atoms.